The van der Waals surface area contributed by atoms with Crippen LogP contribution in [-0.4, -0.2) is 56.9 Å². The molecule has 0 aliphatic carbocycles. The summed E-state index contributed by atoms with van der Waals surface area (Å²) >= 11 is 7.51. The molecule has 2 unspecified atom stereocenters. The fourth-order valence-corrected chi connectivity index (χ4v) is 5.91. The van der Waals surface area contributed by atoms with Crippen LogP contribution >= 0.6 is 23.4 Å². The molecule has 0 amide bonds. The molecule has 0 spiro atoms. The first kappa shape index (κ1) is 29.9. The number of rotatable bonds is 9. The van der Waals surface area contributed by atoms with Crippen LogP contribution < -0.4 is 0 Å². The fraction of sp³-hybridized carbons (Fsp3) is 0.407. The monoisotopic (exact) mass is 597 g/mol. The van der Waals surface area contributed by atoms with E-state index in [0.717, 1.165) is 24.1 Å². The zero-order valence-corrected chi connectivity index (χ0v) is 23.4. The second kappa shape index (κ2) is 13.0. The van der Waals surface area contributed by atoms with Gasteiger partial charge in [0.1, 0.15) is 23.8 Å². The van der Waals surface area contributed by atoms with E-state index in [9.17, 15) is 22.8 Å². The van der Waals surface area contributed by atoms with Gasteiger partial charge in [-0.05, 0) is 42.0 Å². The van der Waals surface area contributed by atoms with E-state index in [4.69, 9.17) is 25.8 Å². The second-order valence-corrected chi connectivity index (χ2v) is 11.0. The summed E-state index contributed by atoms with van der Waals surface area (Å²) in [5, 5.41) is 8.83. The zero-order valence-electron chi connectivity index (χ0n) is 21.9. The number of aromatic nitrogens is 3. The van der Waals surface area contributed by atoms with Crippen molar-refractivity contribution in [2.45, 2.75) is 50.9 Å². The number of thioether (sulfide) groups is 1. The average molecular weight is 598 g/mol. The lowest BCUT2D eigenvalue weighted by atomic mass is 9.90. The van der Waals surface area contributed by atoms with Gasteiger partial charge in [0.25, 0.3) is 0 Å². The minimum absolute atomic E-state index is 0.0169. The molecule has 0 N–H and O–H groups in total. The fourth-order valence-electron chi connectivity index (χ4n) is 4.51. The van der Waals surface area contributed by atoms with Gasteiger partial charge < -0.3 is 14.2 Å². The number of hydrogen-bond acceptors (Lipinski definition) is 8. The number of halogens is 4. The predicted octanol–water partition coefficient (Wildman–Crippen LogP) is 5.39. The first-order chi connectivity index (χ1) is 19.0. The lowest BCUT2D eigenvalue weighted by molar-refractivity contribution is -0.191. The topological polar surface area (TPSA) is 92.5 Å². The first-order valence-corrected chi connectivity index (χ1v) is 13.8. The molecule has 1 saturated heterocycles. The number of hydrogen-bond donors (Lipinski definition) is 0. The zero-order chi connectivity index (χ0) is 29.0. The third-order valence-corrected chi connectivity index (χ3v) is 7.98. The predicted molar refractivity (Wildman–Crippen MR) is 142 cm³/mol. The van der Waals surface area contributed by atoms with E-state index in [2.05, 4.69) is 10.3 Å². The van der Waals surface area contributed by atoms with Crippen LogP contribution in [0.1, 0.15) is 32.4 Å². The van der Waals surface area contributed by atoms with E-state index in [1.807, 2.05) is 31.2 Å². The van der Waals surface area contributed by atoms with E-state index in [-0.39, 0.29) is 23.8 Å². The number of carbonyl (C=O) groups excluding carboxylic acids is 2. The molecule has 0 bridgehead atoms. The minimum atomic E-state index is -1.59. The van der Waals surface area contributed by atoms with Crippen LogP contribution in [0.4, 0.5) is 13.2 Å². The van der Waals surface area contributed by atoms with E-state index in [0.29, 0.717) is 10.8 Å². The molecule has 8 nitrogen and oxygen atoms in total. The molecule has 1 aromatic heterocycles. The van der Waals surface area contributed by atoms with Gasteiger partial charge in [0.05, 0.1) is 12.2 Å². The Hall–Kier alpha value is -3.09. The molecule has 214 valence electrons. The Morgan fingerprint density at radius 1 is 1.10 bits per heavy atom. The molecular weight excluding hydrogens is 571 g/mol. The third kappa shape index (κ3) is 7.15. The molecule has 1 fully saturated rings. The molecule has 0 saturated carbocycles. The molecule has 3 aromatic rings. The Morgan fingerprint density at radius 3 is 2.40 bits per heavy atom. The summed E-state index contributed by atoms with van der Waals surface area (Å²) in [6.07, 6.45) is 0.399. The van der Waals surface area contributed by atoms with Gasteiger partial charge in [-0.2, -0.15) is 0 Å². The van der Waals surface area contributed by atoms with Crippen LogP contribution in [-0.2, 0) is 30.2 Å². The molecule has 2 heterocycles. The van der Waals surface area contributed by atoms with Crippen molar-refractivity contribution >= 4 is 35.3 Å². The van der Waals surface area contributed by atoms with E-state index in [1.54, 1.807) is 0 Å². The van der Waals surface area contributed by atoms with Gasteiger partial charge in [-0.1, -0.05) is 35.9 Å². The van der Waals surface area contributed by atoms with Gasteiger partial charge >= 0.3 is 11.9 Å². The molecular formula is C27H27ClF3N3O5S. The van der Waals surface area contributed by atoms with Crippen molar-refractivity contribution in [2.24, 2.45) is 5.92 Å². The summed E-state index contributed by atoms with van der Waals surface area (Å²) in [4.78, 5) is 23.7. The summed E-state index contributed by atoms with van der Waals surface area (Å²) in [7, 11) is 0. The van der Waals surface area contributed by atoms with Crippen molar-refractivity contribution in [3.05, 3.63) is 70.6 Å². The van der Waals surface area contributed by atoms with Crippen LogP contribution in [0.15, 0.2) is 42.6 Å². The molecule has 5 atom stereocenters. The largest absolute Gasteiger partial charge is 0.463 e. The van der Waals surface area contributed by atoms with E-state index >= 15 is 0 Å². The number of nitrogens with zero attached hydrogens (tertiary/aromatic N) is 3. The SMILES string of the molecule is CC(=O)OCC1O[C@H](SCCc2ccc(Cl)cc2)C(C)[C@@H](n2cc(-c3cc(F)c(F)c(F)c3)nn2)[C@H]1OC(C)=O. The van der Waals surface area contributed by atoms with Crippen LogP contribution in [0.5, 0.6) is 0 Å². The van der Waals surface area contributed by atoms with E-state index < -0.39 is 53.1 Å². The Kier molecular flexibility index (Phi) is 9.75. The Morgan fingerprint density at radius 2 is 1.77 bits per heavy atom. The van der Waals surface area contributed by atoms with Crippen molar-refractivity contribution in [3.63, 3.8) is 0 Å². The smallest absolute Gasteiger partial charge is 0.303 e. The van der Waals surface area contributed by atoms with Crippen LogP contribution in [0, 0.1) is 23.4 Å². The lowest BCUT2D eigenvalue weighted by Crippen LogP contribution is -2.53. The number of esters is 2. The number of ether oxygens (including phenoxy) is 3. The third-order valence-electron chi connectivity index (χ3n) is 6.41. The molecule has 13 heteroatoms. The summed E-state index contributed by atoms with van der Waals surface area (Å²) in [5.41, 5.74) is 0.724. The van der Waals surface area contributed by atoms with Crippen molar-refractivity contribution in [3.8, 4) is 11.3 Å². The van der Waals surface area contributed by atoms with E-state index in [1.165, 1.54) is 36.5 Å². The molecule has 40 heavy (non-hydrogen) atoms. The van der Waals surface area contributed by atoms with Gasteiger partial charge in [0, 0.05) is 30.4 Å². The van der Waals surface area contributed by atoms with Gasteiger partial charge in [-0.25, -0.2) is 17.9 Å². The Labute approximate surface area is 238 Å². The van der Waals surface area contributed by atoms with Gasteiger partial charge in [0.15, 0.2) is 23.6 Å². The highest BCUT2D eigenvalue weighted by Crippen LogP contribution is 2.41. The minimum Gasteiger partial charge on any atom is -0.463 e. The number of aryl methyl sites for hydroxylation is 1. The summed E-state index contributed by atoms with van der Waals surface area (Å²) in [6.45, 7) is 4.21. The maximum Gasteiger partial charge on any atom is 0.303 e. The maximum atomic E-state index is 13.9. The molecule has 1 aliphatic heterocycles. The van der Waals surface area contributed by atoms with Gasteiger partial charge in [-0.15, -0.1) is 16.9 Å². The van der Waals surface area contributed by atoms with Crippen molar-refractivity contribution in [1.29, 1.82) is 0 Å². The standard InChI is InChI=1S/C27H27ClF3N3O5S/c1-14-25(34-12-22(32-33-34)18-10-20(29)24(31)21(30)11-18)26(38-16(3)36)23(13-37-15(2)35)39-27(14)40-9-8-17-4-6-19(28)7-5-17/h4-7,10-12,14,23,25-27H,8-9,13H2,1-3H3/t14?,23?,25-,26+,27-/m1/s1. The highest BCUT2D eigenvalue weighted by molar-refractivity contribution is 7.99. The van der Waals surface area contributed by atoms with Gasteiger partial charge in [0.2, 0.25) is 0 Å². The molecule has 4 rings (SSSR count). The van der Waals surface area contributed by atoms with Crippen molar-refractivity contribution < 1.29 is 37.0 Å². The van der Waals surface area contributed by atoms with Crippen molar-refractivity contribution in [2.75, 3.05) is 12.4 Å². The molecule has 1 aliphatic rings. The molecule has 2 aromatic carbocycles. The summed E-state index contributed by atoms with van der Waals surface area (Å²) < 4.78 is 59.8. The Bertz CT molecular complexity index is 1340. The molecule has 0 radical (unpaired) electrons. The summed E-state index contributed by atoms with van der Waals surface area (Å²) in [6, 6.07) is 8.51. The highest BCUT2D eigenvalue weighted by atomic mass is 35.5. The number of benzene rings is 2. The second-order valence-electron chi connectivity index (χ2n) is 9.35. The van der Waals surface area contributed by atoms with Crippen LogP contribution in [0.2, 0.25) is 5.02 Å². The quantitative estimate of drug-likeness (QED) is 0.240. The summed E-state index contributed by atoms with van der Waals surface area (Å²) in [5.74, 6) is -5.06. The number of carbonyl (C=O) groups is 2. The first-order valence-electron chi connectivity index (χ1n) is 12.4. The highest BCUT2D eigenvalue weighted by Gasteiger charge is 2.48. The van der Waals surface area contributed by atoms with Gasteiger partial charge in [-0.3, -0.25) is 9.59 Å². The van der Waals surface area contributed by atoms with Crippen LogP contribution in [0.25, 0.3) is 11.3 Å². The Balaban J connectivity index is 1.63. The maximum absolute atomic E-state index is 13.9. The normalized spacial score (nSPS) is 22.6. The van der Waals surface area contributed by atoms with Crippen molar-refractivity contribution in [1.82, 2.24) is 15.0 Å². The lowest BCUT2D eigenvalue weighted by Gasteiger charge is -2.44. The average Bonchev–Trinajstić information content (AvgIpc) is 3.38. The van der Waals surface area contributed by atoms with Crippen LogP contribution in [0.3, 0.4) is 0 Å².